The van der Waals surface area contributed by atoms with Crippen molar-refractivity contribution in [3.8, 4) is 5.75 Å². The van der Waals surface area contributed by atoms with Crippen molar-refractivity contribution < 1.29 is 19.4 Å². The molecule has 34 heavy (non-hydrogen) atoms. The predicted molar refractivity (Wildman–Crippen MR) is 132 cm³/mol. The van der Waals surface area contributed by atoms with Gasteiger partial charge in [0, 0.05) is 45.2 Å². The second-order valence-electron chi connectivity index (χ2n) is 8.87. The Hall–Kier alpha value is -2.90. The average Bonchev–Trinajstić information content (AvgIpc) is 2.84. The van der Waals surface area contributed by atoms with Crippen LogP contribution in [0.4, 0.5) is 0 Å². The first-order valence-electron chi connectivity index (χ1n) is 12.2. The predicted octanol–water partition coefficient (Wildman–Crippen LogP) is 2.75. The van der Waals surface area contributed by atoms with Crippen LogP contribution in [0.25, 0.3) is 0 Å². The van der Waals surface area contributed by atoms with Crippen LogP contribution in [0.5, 0.6) is 5.75 Å². The third kappa shape index (κ3) is 8.47. The third-order valence-electron chi connectivity index (χ3n) is 6.02. The lowest BCUT2D eigenvalue weighted by Gasteiger charge is -2.24. The minimum atomic E-state index is -0.0384. The fourth-order valence-electron chi connectivity index (χ4n) is 4.09. The van der Waals surface area contributed by atoms with Gasteiger partial charge in [-0.1, -0.05) is 42.5 Å². The number of ether oxygens (including phenoxy) is 1. The van der Waals surface area contributed by atoms with Gasteiger partial charge in [0.15, 0.2) is 0 Å². The third-order valence-corrected chi connectivity index (χ3v) is 6.02. The van der Waals surface area contributed by atoms with Crippen molar-refractivity contribution in [3.05, 3.63) is 65.2 Å². The number of rotatable bonds is 7. The highest BCUT2D eigenvalue weighted by atomic mass is 16.5. The van der Waals surface area contributed by atoms with Crippen LogP contribution < -0.4 is 10.1 Å². The van der Waals surface area contributed by atoms with Crippen LogP contribution in [0.1, 0.15) is 42.4 Å². The van der Waals surface area contributed by atoms with Gasteiger partial charge in [-0.05, 0) is 42.9 Å². The van der Waals surface area contributed by atoms with Gasteiger partial charge >= 0.3 is 0 Å². The van der Waals surface area contributed by atoms with E-state index in [1.165, 1.54) is 0 Å². The molecule has 0 saturated heterocycles. The van der Waals surface area contributed by atoms with Crippen molar-refractivity contribution in [1.29, 1.82) is 0 Å². The molecule has 0 aromatic heterocycles. The van der Waals surface area contributed by atoms with E-state index in [1.807, 2.05) is 30.3 Å². The van der Waals surface area contributed by atoms with E-state index in [9.17, 15) is 9.59 Å². The molecular weight excluding hydrogens is 430 g/mol. The number of nitrogens with one attached hydrogen (secondary N) is 1. The number of nitrogens with zero attached hydrogens (tertiary/aromatic N) is 2. The molecule has 0 unspecified atom stereocenters. The van der Waals surface area contributed by atoms with E-state index in [-0.39, 0.29) is 18.4 Å². The number of carbonyl (C=O) groups excluding carboxylic acids is 2. The number of amides is 2. The molecule has 0 fully saturated rings. The molecule has 0 atom stereocenters. The smallest absolute Gasteiger partial charge is 0.234 e. The number of likely N-dealkylation sites (N-methyl/N-ethyl adjacent to an activating group) is 1. The summed E-state index contributed by atoms with van der Waals surface area (Å²) in [6, 6.07) is 16.3. The van der Waals surface area contributed by atoms with Gasteiger partial charge in [-0.25, -0.2) is 0 Å². The molecular formula is C27H37N3O4. The molecule has 2 aromatic rings. The Bertz CT molecular complexity index is 919. The molecule has 0 saturated carbocycles. The van der Waals surface area contributed by atoms with Crippen LogP contribution in [0.3, 0.4) is 0 Å². The lowest BCUT2D eigenvalue weighted by Crippen LogP contribution is -2.37. The summed E-state index contributed by atoms with van der Waals surface area (Å²) in [5.41, 5.74) is 3.23. The fourth-order valence-corrected chi connectivity index (χ4v) is 4.09. The Morgan fingerprint density at radius 1 is 1.09 bits per heavy atom. The topological polar surface area (TPSA) is 82.1 Å². The van der Waals surface area contributed by atoms with Crippen LogP contribution in [-0.2, 0) is 29.1 Å². The van der Waals surface area contributed by atoms with Gasteiger partial charge in [-0.15, -0.1) is 0 Å². The highest BCUT2D eigenvalue weighted by Gasteiger charge is 2.17. The van der Waals surface area contributed by atoms with Crippen molar-refractivity contribution in [3.63, 3.8) is 0 Å². The van der Waals surface area contributed by atoms with Crippen LogP contribution in [0.2, 0.25) is 0 Å². The van der Waals surface area contributed by atoms with Crippen LogP contribution in [-0.4, -0.2) is 66.6 Å². The maximum atomic E-state index is 12.6. The van der Waals surface area contributed by atoms with Crippen LogP contribution >= 0.6 is 0 Å². The number of carbonyl (C=O) groups is 2. The summed E-state index contributed by atoms with van der Waals surface area (Å²) in [6.07, 6.45) is 3.88. The lowest BCUT2D eigenvalue weighted by molar-refractivity contribution is -0.130. The molecule has 2 aromatic carbocycles. The molecule has 1 aliphatic rings. The zero-order chi connectivity index (χ0) is 24.2. The number of aliphatic hydroxyl groups is 1. The van der Waals surface area contributed by atoms with E-state index < -0.39 is 0 Å². The molecule has 7 nitrogen and oxygen atoms in total. The highest BCUT2D eigenvalue weighted by molar-refractivity contribution is 5.78. The standard InChI is InChI=1S/C27H37N3O4/c1-29(15-16-31)27(33)13-11-22-10-12-25-24(18-22)20-30(19-23-8-4-2-5-9-23)21-26(32)28-14-6-3-7-17-34-25/h2,4-5,8-10,12,18,31H,3,6-7,11,13-17,19-21H2,1H3,(H,28,32). The summed E-state index contributed by atoms with van der Waals surface area (Å²) in [4.78, 5) is 28.6. The molecule has 3 rings (SSSR count). The molecule has 2 amide bonds. The van der Waals surface area contributed by atoms with Gasteiger partial charge in [0.05, 0.1) is 19.8 Å². The number of aryl methyl sites for hydroxylation is 1. The van der Waals surface area contributed by atoms with E-state index in [1.54, 1.807) is 11.9 Å². The molecule has 7 heteroatoms. The zero-order valence-corrected chi connectivity index (χ0v) is 20.2. The van der Waals surface area contributed by atoms with E-state index >= 15 is 0 Å². The number of aliphatic hydroxyl groups excluding tert-OH is 1. The SMILES string of the molecule is CN(CCO)C(=O)CCc1ccc2c(c1)CN(Cc1ccccc1)CC(=O)NCCCCCO2. The quantitative estimate of drug-likeness (QED) is 0.654. The van der Waals surface area contributed by atoms with Crippen LogP contribution in [0, 0.1) is 0 Å². The molecule has 1 aliphatic heterocycles. The molecule has 0 aliphatic carbocycles. The first kappa shape index (κ1) is 25.7. The number of hydrogen-bond acceptors (Lipinski definition) is 5. The second-order valence-corrected chi connectivity index (χ2v) is 8.87. The maximum Gasteiger partial charge on any atom is 0.234 e. The minimum absolute atomic E-state index is 0.0108. The molecule has 0 bridgehead atoms. The lowest BCUT2D eigenvalue weighted by atomic mass is 10.0. The summed E-state index contributed by atoms with van der Waals surface area (Å²) in [5, 5.41) is 12.1. The molecule has 0 spiro atoms. The van der Waals surface area contributed by atoms with Crippen molar-refractivity contribution in [1.82, 2.24) is 15.1 Å². The Labute approximate surface area is 202 Å². The fraction of sp³-hybridized carbons (Fsp3) is 0.481. The van der Waals surface area contributed by atoms with Gasteiger partial charge in [-0.3, -0.25) is 14.5 Å². The first-order valence-corrected chi connectivity index (χ1v) is 12.2. The molecule has 184 valence electrons. The highest BCUT2D eigenvalue weighted by Crippen LogP contribution is 2.24. The summed E-state index contributed by atoms with van der Waals surface area (Å²) in [5.74, 6) is 0.883. The summed E-state index contributed by atoms with van der Waals surface area (Å²) < 4.78 is 6.14. The van der Waals surface area contributed by atoms with E-state index in [4.69, 9.17) is 9.84 Å². The van der Waals surface area contributed by atoms with Gasteiger partial charge in [0.2, 0.25) is 11.8 Å². The summed E-state index contributed by atoms with van der Waals surface area (Å²) >= 11 is 0. The largest absolute Gasteiger partial charge is 0.493 e. The maximum absolute atomic E-state index is 12.6. The minimum Gasteiger partial charge on any atom is -0.493 e. The number of fused-ring (bicyclic) bond motifs is 1. The van der Waals surface area contributed by atoms with Crippen LogP contribution in [0.15, 0.2) is 48.5 Å². The Morgan fingerprint density at radius 3 is 2.71 bits per heavy atom. The normalized spacial score (nSPS) is 15.6. The van der Waals surface area contributed by atoms with Crippen molar-refractivity contribution >= 4 is 11.8 Å². The Kier molecular flexibility index (Phi) is 10.4. The first-order chi connectivity index (χ1) is 16.5. The summed E-state index contributed by atoms with van der Waals surface area (Å²) in [7, 11) is 1.71. The van der Waals surface area contributed by atoms with Gasteiger partial charge in [0.25, 0.3) is 0 Å². The van der Waals surface area contributed by atoms with E-state index in [0.717, 1.165) is 41.7 Å². The van der Waals surface area contributed by atoms with Crippen molar-refractivity contribution in [2.45, 2.75) is 45.2 Å². The molecule has 0 radical (unpaired) electrons. The summed E-state index contributed by atoms with van der Waals surface area (Å²) in [6.45, 7) is 3.17. The zero-order valence-electron chi connectivity index (χ0n) is 20.2. The average molecular weight is 468 g/mol. The van der Waals surface area contributed by atoms with Crippen molar-refractivity contribution in [2.24, 2.45) is 0 Å². The monoisotopic (exact) mass is 467 g/mol. The second kappa shape index (κ2) is 13.7. The Morgan fingerprint density at radius 2 is 1.91 bits per heavy atom. The van der Waals surface area contributed by atoms with E-state index in [0.29, 0.717) is 52.2 Å². The van der Waals surface area contributed by atoms with Crippen molar-refractivity contribution in [2.75, 3.05) is 39.9 Å². The van der Waals surface area contributed by atoms with Gasteiger partial charge < -0.3 is 20.1 Å². The molecule has 1 heterocycles. The number of hydrogen-bond donors (Lipinski definition) is 2. The van der Waals surface area contributed by atoms with Gasteiger partial charge in [0.1, 0.15) is 5.75 Å². The van der Waals surface area contributed by atoms with Gasteiger partial charge in [-0.2, -0.15) is 0 Å². The molecule has 2 N–H and O–H groups in total. The van der Waals surface area contributed by atoms with E-state index in [2.05, 4.69) is 28.4 Å². The Balaban J connectivity index is 1.79. The number of benzene rings is 2.